The SMILES string of the molecule is COc1cccc(NC(=O)COC(=O)Cc2ccc(F)cc2)c1. The number of ether oxygens (including phenoxy) is 2. The number of carbonyl (C=O) groups excluding carboxylic acids is 2. The van der Waals surface area contributed by atoms with Crippen LogP contribution >= 0.6 is 0 Å². The van der Waals surface area contributed by atoms with E-state index in [0.717, 1.165) is 0 Å². The maximum Gasteiger partial charge on any atom is 0.310 e. The number of nitrogens with one attached hydrogen (secondary N) is 1. The first-order chi connectivity index (χ1) is 11.1. The Hall–Kier alpha value is -2.89. The molecule has 0 aliphatic heterocycles. The lowest BCUT2D eigenvalue weighted by Crippen LogP contribution is -2.21. The van der Waals surface area contributed by atoms with E-state index in [1.54, 1.807) is 24.3 Å². The van der Waals surface area contributed by atoms with E-state index in [9.17, 15) is 14.0 Å². The highest BCUT2D eigenvalue weighted by molar-refractivity contribution is 5.93. The first kappa shape index (κ1) is 16.5. The smallest absolute Gasteiger partial charge is 0.310 e. The van der Waals surface area contributed by atoms with E-state index in [0.29, 0.717) is 17.0 Å². The fourth-order valence-electron chi connectivity index (χ4n) is 1.86. The monoisotopic (exact) mass is 317 g/mol. The van der Waals surface area contributed by atoms with E-state index in [4.69, 9.17) is 9.47 Å². The maximum atomic E-state index is 12.8. The quantitative estimate of drug-likeness (QED) is 0.832. The van der Waals surface area contributed by atoms with Gasteiger partial charge in [0.05, 0.1) is 13.5 Å². The third kappa shape index (κ3) is 5.43. The van der Waals surface area contributed by atoms with Crippen LogP contribution < -0.4 is 10.1 Å². The molecule has 120 valence electrons. The molecule has 0 saturated carbocycles. The molecule has 0 heterocycles. The van der Waals surface area contributed by atoms with Gasteiger partial charge in [-0.1, -0.05) is 18.2 Å². The van der Waals surface area contributed by atoms with Gasteiger partial charge in [-0.2, -0.15) is 0 Å². The van der Waals surface area contributed by atoms with Crippen LogP contribution in [0.3, 0.4) is 0 Å². The Bertz CT molecular complexity index is 685. The number of halogens is 1. The van der Waals surface area contributed by atoms with Crippen molar-refractivity contribution in [1.82, 2.24) is 0 Å². The number of rotatable bonds is 6. The fourth-order valence-corrected chi connectivity index (χ4v) is 1.86. The number of hydrogen-bond acceptors (Lipinski definition) is 4. The van der Waals surface area contributed by atoms with Crippen molar-refractivity contribution in [2.45, 2.75) is 6.42 Å². The molecule has 0 spiro atoms. The molecule has 1 amide bonds. The molecule has 0 aliphatic carbocycles. The minimum Gasteiger partial charge on any atom is -0.497 e. The Labute approximate surface area is 133 Å². The van der Waals surface area contributed by atoms with Crippen LogP contribution in [0.25, 0.3) is 0 Å². The summed E-state index contributed by atoms with van der Waals surface area (Å²) in [6, 6.07) is 12.3. The van der Waals surface area contributed by atoms with Crippen LogP contribution in [0.2, 0.25) is 0 Å². The van der Waals surface area contributed by atoms with Gasteiger partial charge in [0.25, 0.3) is 5.91 Å². The standard InChI is InChI=1S/C17H16FNO4/c1-22-15-4-2-3-14(10-15)19-16(20)11-23-17(21)9-12-5-7-13(18)8-6-12/h2-8,10H,9,11H2,1H3,(H,19,20). The molecule has 0 atom stereocenters. The molecule has 0 radical (unpaired) electrons. The lowest BCUT2D eigenvalue weighted by atomic mass is 10.1. The molecule has 0 unspecified atom stereocenters. The third-order valence-electron chi connectivity index (χ3n) is 2.98. The Morgan fingerprint density at radius 3 is 2.57 bits per heavy atom. The lowest BCUT2D eigenvalue weighted by Gasteiger charge is -2.08. The van der Waals surface area contributed by atoms with Crippen LogP contribution in [0, 0.1) is 5.82 Å². The summed E-state index contributed by atoms with van der Waals surface area (Å²) < 4.78 is 22.7. The van der Waals surface area contributed by atoms with Gasteiger partial charge in [0.2, 0.25) is 0 Å². The number of hydrogen-bond donors (Lipinski definition) is 1. The summed E-state index contributed by atoms with van der Waals surface area (Å²) in [6.45, 7) is -0.392. The molecular formula is C17H16FNO4. The van der Waals surface area contributed by atoms with Gasteiger partial charge in [0.15, 0.2) is 6.61 Å². The average molecular weight is 317 g/mol. The lowest BCUT2D eigenvalue weighted by molar-refractivity contribution is -0.146. The number of carbonyl (C=O) groups is 2. The summed E-state index contributed by atoms with van der Waals surface area (Å²) >= 11 is 0. The number of methoxy groups -OCH3 is 1. The highest BCUT2D eigenvalue weighted by Gasteiger charge is 2.09. The Kier molecular flexibility index (Phi) is 5.68. The predicted molar refractivity (Wildman–Crippen MR) is 82.7 cm³/mol. The minimum atomic E-state index is -0.558. The van der Waals surface area contributed by atoms with Crippen molar-refractivity contribution >= 4 is 17.6 Å². The number of anilines is 1. The second-order valence-electron chi connectivity index (χ2n) is 4.74. The topological polar surface area (TPSA) is 64.6 Å². The van der Waals surface area contributed by atoms with Crippen LogP contribution in [-0.4, -0.2) is 25.6 Å². The van der Waals surface area contributed by atoms with Gasteiger partial charge in [0, 0.05) is 11.8 Å². The molecule has 6 heteroatoms. The molecule has 2 aromatic carbocycles. The summed E-state index contributed by atoms with van der Waals surface area (Å²) in [5.74, 6) is -0.779. The van der Waals surface area contributed by atoms with Crippen LogP contribution in [-0.2, 0) is 20.7 Å². The average Bonchev–Trinajstić information content (AvgIpc) is 2.55. The van der Waals surface area contributed by atoms with E-state index in [-0.39, 0.29) is 12.2 Å². The number of benzene rings is 2. The van der Waals surface area contributed by atoms with E-state index in [1.165, 1.54) is 31.4 Å². The van der Waals surface area contributed by atoms with Gasteiger partial charge in [0.1, 0.15) is 11.6 Å². The van der Waals surface area contributed by atoms with E-state index in [2.05, 4.69) is 5.32 Å². The van der Waals surface area contributed by atoms with Crippen molar-refractivity contribution in [3.05, 3.63) is 59.9 Å². The predicted octanol–water partition coefficient (Wildman–Crippen LogP) is 2.56. The first-order valence-electron chi connectivity index (χ1n) is 6.91. The zero-order valence-electron chi connectivity index (χ0n) is 12.5. The molecule has 0 bridgehead atoms. The van der Waals surface area contributed by atoms with Gasteiger partial charge in [-0.3, -0.25) is 9.59 Å². The highest BCUT2D eigenvalue weighted by Crippen LogP contribution is 2.16. The Balaban J connectivity index is 1.79. The van der Waals surface area contributed by atoms with Crippen molar-refractivity contribution in [2.24, 2.45) is 0 Å². The molecule has 2 aromatic rings. The molecule has 0 saturated heterocycles. The summed E-state index contributed by atoms with van der Waals surface area (Å²) in [5, 5.41) is 2.60. The van der Waals surface area contributed by atoms with Gasteiger partial charge in [-0.25, -0.2) is 4.39 Å². The van der Waals surface area contributed by atoms with Crippen molar-refractivity contribution in [2.75, 3.05) is 19.0 Å². The largest absolute Gasteiger partial charge is 0.497 e. The number of amides is 1. The Morgan fingerprint density at radius 2 is 1.87 bits per heavy atom. The molecule has 0 fully saturated rings. The minimum absolute atomic E-state index is 0.0211. The van der Waals surface area contributed by atoms with Gasteiger partial charge < -0.3 is 14.8 Å². The second kappa shape index (κ2) is 7.93. The van der Waals surface area contributed by atoms with E-state index >= 15 is 0 Å². The molecule has 23 heavy (non-hydrogen) atoms. The Morgan fingerprint density at radius 1 is 1.13 bits per heavy atom. The molecular weight excluding hydrogens is 301 g/mol. The second-order valence-corrected chi connectivity index (χ2v) is 4.74. The van der Waals surface area contributed by atoms with Crippen molar-refractivity contribution in [1.29, 1.82) is 0 Å². The zero-order chi connectivity index (χ0) is 16.7. The molecule has 2 rings (SSSR count). The van der Waals surface area contributed by atoms with E-state index in [1.807, 2.05) is 0 Å². The van der Waals surface area contributed by atoms with Crippen molar-refractivity contribution in [3.63, 3.8) is 0 Å². The van der Waals surface area contributed by atoms with Gasteiger partial charge in [-0.05, 0) is 29.8 Å². The highest BCUT2D eigenvalue weighted by atomic mass is 19.1. The zero-order valence-corrected chi connectivity index (χ0v) is 12.5. The van der Waals surface area contributed by atoms with Crippen LogP contribution in [0.5, 0.6) is 5.75 Å². The molecule has 1 N–H and O–H groups in total. The van der Waals surface area contributed by atoms with Crippen LogP contribution in [0.1, 0.15) is 5.56 Å². The molecule has 0 aromatic heterocycles. The van der Waals surface area contributed by atoms with Gasteiger partial charge >= 0.3 is 5.97 Å². The van der Waals surface area contributed by atoms with Crippen molar-refractivity contribution in [3.8, 4) is 5.75 Å². The van der Waals surface area contributed by atoms with E-state index < -0.39 is 18.5 Å². The van der Waals surface area contributed by atoms with Crippen LogP contribution in [0.4, 0.5) is 10.1 Å². The van der Waals surface area contributed by atoms with Crippen molar-refractivity contribution < 1.29 is 23.5 Å². The summed E-state index contributed by atoms with van der Waals surface area (Å²) in [4.78, 5) is 23.4. The van der Waals surface area contributed by atoms with Crippen LogP contribution in [0.15, 0.2) is 48.5 Å². The number of esters is 1. The summed E-state index contributed by atoms with van der Waals surface area (Å²) in [7, 11) is 1.53. The molecule has 0 aliphatic rings. The first-order valence-corrected chi connectivity index (χ1v) is 6.91. The summed E-state index contributed by atoms with van der Waals surface area (Å²) in [5.41, 5.74) is 1.16. The normalized spacial score (nSPS) is 10.0. The third-order valence-corrected chi connectivity index (χ3v) is 2.98. The van der Waals surface area contributed by atoms with Gasteiger partial charge in [-0.15, -0.1) is 0 Å². The molecule has 5 nitrogen and oxygen atoms in total. The fraction of sp³-hybridized carbons (Fsp3) is 0.176. The summed E-state index contributed by atoms with van der Waals surface area (Å²) in [6.07, 6.45) is -0.0211. The maximum absolute atomic E-state index is 12.8.